The van der Waals surface area contributed by atoms with E-state index in [0.717, 1.165) is 9.99 Å². The molecule has 3 nitrogen and oxygen atoms in total. The number of carbonyl (C=O) groups excluding carboxylic acids is 1. The van der Waals surface area contributed by atoms with E-state index in [2.05, 4.69) is 27.3 Å². The molecule has 4 heteroatoms. The van der Waals surface area contributed by atoms with Gasteiger partial charge in [-0.25, -0.2) is 4.79 Å². The van der Waals surface area contributed by atoms with Gasteiger partial charge in [0.05, 0.1) is 13.7 Å². The maximum absolute atomic E-state index is 11.4. The second kappa shape index (κ2) is 5.95. The van der Waals surface area contributed by atoms with Gasteiger partial charge in [-0.3, -0.25) is 0 Å². The van der Waals surface area contributed by atoms with Crippen LogP contribution in [0.4, 0.5) is 0 Å². The predicted octanol–water partition coefficient (Wildman–Crippen LogP) is 2.87. The summed E-state index contributed by atoms with van der Waals surface area (Å²) in [7, 11) is 1.36. The molecule has 0 bridgehead atoms. The highest BCUT2D eigenvalue weighted by atomic mass is 127. The highest BCUT2D eigenvalue weighted by Gasteiger charge is 2.12. The van der Waals surface area contributed by atoms with E-state index in [9.17, 15) is 4.79 Å². The summed E-state index contributed by atoms with van der Waals surface area (Å²) in [5, 5.41) is 0. The van der Waals surface area contributed by atoms with Gasteiger partial charge < -0.3 is 9.47 Å². The third kappa shape index (κ3) is 3.37. The molecule has 15 heavy (non-hydrogen) atoms. The van der Waals surface area contributed by atoms with Crippen LogP contribution in [-0.2, 0) is 4.74 Å². The summed E-state index contributed by atoms with van der Waals surface area (Å²) in [6.07, 6.45) is 0.909. The Morgan fingerprint density at radius 1 is 1.47 bits per heavy atom. The second-order valence-electron chi connectivity index (χ2n) is 2.98. The molecule has 0 aromatic heterocycles. The molecule has 0 aliphatic carbocycles. The van der Waals surface area contributed by atoms with Gasteiger partial charge in [-0.15, -0.1) is 0 Å². The Bertz CT molecular complexity index is 350. The summed E-state index contributed by atoms with van der Waals surface area (Å²) >= 11 is 2.18. The Morgan fingerprint density at radius 3 is 2.80 bits per heavy atom. The van der Waals surface area contributed by atoms with Crippen LogP contribution in [0.15, 0.2) is 18.2 Å². The van der Waals surface area contributed by atoms with Crippen molar-refractivity contribution in [2.24, 2.45) is 0 Å². The van der Waals surface area contributed by atoms with Gasteiger partial charge in [-0.1, -0.05) is 6.92 Å². The lowest BCUT2D eigenvalue weighted by atomic mass is 10.2. The Morgan fingerprint density at radius 2 is 2.20 bits per heavy atom. The maximum atomic E-state index is 11.4. The minimum absolute atomic E-state index is 0.363. The minimum Gasteiger partial charge on any atom is -0.493 e. The highest BCUT2D eigenvalue weighted by Crippen LogP contribution is 2.22. The summed E-state index contributed by atoms with van der Waals surface area (Å²) in [6, 6.07) is 5.41. The number of methoxy groups -OCH3 is 1. The molecule has 0 amide bonds. The molecule has 0 aliphatic rings. The first kappa shape index (κ1) is 12.3. The molecule has 0 saturated carbocycles. The Balaban J connectivity index is 2.97. The maximum Gasteiger partial charge on any atom is 0.341 e. The lowest BCUT2D eigenvalue weighted by Gasteiger charge is -2.09. The zero-order valence-electron chi connectivity index (χ0n) is 8.75. The summed E-state index contributed by atoms with van der Waals surface area (Å²) in [4.78, 5) is 11.4. The molecule has 0 heterocycles. The van der Waals surface area contributed by atoms with Crippen LogP contribution in [0.3, 0.4) is 0 Å². The monoisotopic (exact) mass is 320 g/mol. The van der Waals surface area contributed by atoms with E-state index in [4.69, 9.17) is 4.74 Å². The molecular formula is C11H13IO3. The SMILES string of the molecule is CCCOc1cc(I)ccc1C(=O)OC. The van der Waals surface area contributed by atoms with Crippen LogP contribution in [0.2, 0.25) is 0 Å². The van der Waals surface area contributed by atoms with Crippen molar-refractivity contribution in [3.8, 4) is 5.75 Å². The lowest BCUT2D eigenvalue weighted by Crippen LogP contribution is -2.06. The van der Waals surface area contributed by atoms with Crippen LogP contribution in [0.1, 0.15) is 23.7 Å². The second-order valence-corrected chi connectivity index (χ2v) is 4.23. The van der Waals surface area contributed by atoms with Crippen LogP contribution >= 0.6 is 22.6 Å². The van der Waals surface area contributed by atoms with Crippen molar-refractivity contribution in [3.63, 3.8) is 0 Å². The number of hydrogen-bond donors (Lipinski definition) is 0. The fourth-order valence-corrected chi connectivity index (χ4v) is 1.57. The van der Waals surface area contributed by atoms with Crippen LogP contribution < -0.4 is 4.74 Å². The lowest BCUT2D eigenvalue weighted by molar-refractivity contribution is 0.0596. The van der Waals surface area contributed by atoms with Crippen molar-refractivity contribution in [2.75, 3.05) is 13.7 Å². The number of benzene rings is 1. The van der Waals surface area contributed by atoms with Gasteiger partial charge in [-0.2, -0.15) is 0 Å². The zero-order chi connectivity index (χ0) is 11.3. The van der Waals surface area contributed by atoms with E-state index >= 15 is 0 Å². The van der Waals surface area contributed by atoms with E-state index in [0.29, 0.717) is 17.9 Å². The summed E-state index contributed by atoms with van der Waals surface area (Å²) in [5.41, 5.74) is 0.478. The molecule has 0 aliphatic heterocycles. The molecule has 1 aromatic rings. The molecule has 0 fully saturated rings. The van der Waals surface area contributed by atoms with E-state index in [-0.39, 0.29) is 5.97 Å². The average Bonchev–Trinajstić information content (AvgIpc) is 2.25. The quantitative estimate of drug-likeness (QED) is 0.632. The van der Waals surface area contributed by atoms with E-state index < -0.39 is 0 Å². The van der Waals surface area contributed by atoms with Crippen LogP contribution in [0, 0.1) is 3.57 Å². The molecule has 0 radical (unpaired) electrons. The fraction of sp³-hybridized carbons (Fsp3) is 0.364. The predicted molar refractivity (Wildman–Crippen MR) is 66.3 cm³/mol. The van der Waals surface area contributed by atoms with E-state index in [1.165, 1.54) is 7.11 Å². The topological polar surface area (TPSA) is 35.5 Å². The van der Waals surface area contributed by atoms with Gasteiger partial charge >= 0.3 is 5.97 Å². The van der Waals surface area contributed by atoms with Crippen molar-refractivity contribution in [2.45, 2.75) is 13.3 Å². The summed E-state index contributed by atoms with van der Waals surface area (Å²) < 4.78 is 11.2. The molecule has 1 aromatic carbocycles. The normalized spacial score (nSPS) is 9.80. The third-order valence-electron chi connectivity index (χ3n) is 1.81. The number of esters is 1. The fourth-order valence-electron chi connectivity index (χ4n) is 1.11. The number of carbonyl (C=O) groups is 1. The van der Waals surface area contributed by atoms with Crippen LogP contribution in [0.25, 0.3) is 0 Å². The van der Waals surface area contributed by atoms with Gasteiger partial charge in [0.25, 0.3) is 0 Å². The van der Waals surface area contributed by atoms with E-state index in [1.807, 2.05) is 19.1 Å². The zero-order valence-corrected chi connectivity index (χ0v) is 10.9. The summed E-state index contributed by atoms with van der Waals surface area (Å²) in [6.45, 7) is 2.62. The average molecular weight is 320 g/mol. The van der Waals surface area contributed by atoms with Gasteiger partial charge in [0.1, 0.15) is 11.3 Å². The first-order valence-corrected chi connectivity index (χ1v) is 5.77. The number of halogens is 1. The molecule has 0 spiro atoms. The van der Waals surface area contributed by atoms with Crippen LogP contribution in [0.5, 0.6) is 5.75 Å². The Hall–Kier alpha value is -0.780. The first-order valence-electron chi connectivity index (χ1n) is 4.69. The van der Waals surface area contributed by atoms with Gasteiger partial charge in [-0.05, 0) is 47.2 Å². The molecule has 0 saturated heterocycles. The van der Waals surface area contributed by atoms with Crippen molar-refractivity contribution < 1.29 is 14.3 Å². The summed E-state index contributed by atoms with van der Waals surface area (Å²) in [5.74, 6) is 0.230. The van der Waals surface area contributed by atoms with Crippen molar-refractivity contribution in [1.29, 1.82) is 0 Å². The molecule has 0 N–H and O–H groups in total. The largest absolute Gasteiger partial charge is 0.493 e. The molecule has 1 rings (SSSR count). The van der Waals surface area contributed by atoms with Gasteiger partial charge in [0, 0.05) is 3.57 Å². The first-order chi connectivity index (χ1) is 7.19. The Labute approximate surface area is 103 Å². The number of rotatable bonds is 4. The molecule has 82 valence electrons. The van der Waals surface area contributed by atoms with E-state index in [1.54, 1.807) is 6.07 Å². The smallest absolute Gasteiger partial charge is 0.341 e. The van der Waals surface area contributed by atoms with Crippen molar-refractivity contribution >= 4 is 28.6 Å². The highest BCUT2D eigenvalue weighted by molar-refractivity contribution is 14.1. The minimum atomic E-state index is -0.363. The molecule has 0 atom stereocenters. The standard InChI is InChI=1S/C11H13IO3/c1-3-6-15-10-7-8(12)4-5-9(10)11(13)14-2/h4-5,7H,3,6H2,1-2H3. The molecule has 0 unspecified atom stereocenters. The molecular weight excluding hydrogens is 307 g/mol. The number of ether oxygens (including phenoxy) is 2. The van der Waals surface area contributed by atoms with Gasteiger partial charge in [0.2, 0.25) is 0 Å². The van der Waals surface area contributed by atoms with Crippen molar-refractivity contribution in [1.82, 2.24) is 0 Å². The third-order valence-corrected chi connectivity index (χ3v) is 2.48. The number of hydrogen-bond acceptors (Lipinski definition) is 3. The van der Waals surface area contributed by atoms with Gasteiger partial charge in [0.15, 0.2) is 0 Å². The van der Waals surface area contributed by atoms with Crippen molar-refractivity contribution in [3.05, 3.63) is 27.3 Å². The van der Waals surface area contributed by atoms with Crippen LogP contribution in [-0.4, -0.2) is 19.7 Å². The Kier molecular flexibility index (Phi) is 4.87.